The molecule has 2 atom stereocenters. The van der Waals surface area contributed by atoms with Crippen LogP contribution in [-0.4, -0.2) is 56.7 Å². The van der Waals surface area contributed by atoms with Crippen LogP contribution < -0.4 is 4.90 Å². The van der Waals surface area contributed by atoms with Gasteiger partial charge in [0.05, 0.1) is 35.7 Å². The van der Waals surface area contributed by atoms with Gasteiger partial charge in [0, 0.05) is 35.3 Å². The number of carbonyl (C=O) groups is 1. The molecule has 0 N–H and O–H groups in total. The number of hydrogen-bond donors (Lipinski definition) is 0. The number of anilines is 1. The van der Waals surface area contributed by atoms with Crippen LogP contribution in [0.15, 0.2) is 42.9 Å². The van der Waals surface area contributed by atoms with E-state index in [1.807, 2.05) is 49.9 Å². The number of ether oxygens (including phenoxy) is 1. The summed E-state index contributed by atoms with van der Waals surface area (Å²) >= 11 is 6.29. The number of fused-ring (bicyclic) bond motifs is 3. The summed E-state index contributed by atoms with van der Waals surface area (Å²) in [6, 6.07) is 7.95. The first kappa shape index (κ1) is 20.0. The molecule has 2 aromatic heterocycles. The van der Waals surface area contributed by atoms with E-state index in [1.54, 1.807) is 18.6 Å². The number of rotatable bonds is 2. The molecule has 0 radical (unpaired) electrons. The lowest BCUT2D eigenvalue weighted by molar-refractivity contribution is -0.0380. The van der Waals surface area contributed by atoms with Crippen LogP contribution in [0.2, 0.25) is 5.02 Å². The van der Waals surface area contributed by atoms with Crippen LogP contribution in [0.4, 0.5) is 10.6 Å². The molecule has 0 spiro atoms. The third-order valence-electron chi connectivity index (χ3n) is 5.72. The summed E-state index contributed by atoms with van der Waals surface area (Å²) in [5, 5.41) is 1.60. The van der Waals surface area contributed by atoms with Crippen LogP contribution >= 0.6 is 11.6 Å². The minimum absolute atomic E-state index is 0.151. The largest absolute Gasteiger partial charge is 0.444 e. The fraction of sp³-hybridized carbons (Fsp3) is 0.391. The third kappa shape index (κ3) is 3.78. The number of halogens is 1. The molecule has 5 heterocycles. The van der Waals surface area contributed by atoms with Crippen LogP contribution in [-0.2, 0) is 4.74 Å². The number of piperidine rings is 1. The van der Waals surface area contributed by atoms with Gasteiger partial charge in [0.25, 0.3) is 0 Å². The van der Waals surface area contributed by atoms with Crippen molar-refractivity contribution in [3.63, 3.8) is 0 Å². The van der Waals surface area contributed by atoms with Crippen molar-refractivity contribution >= 4 is 34.4 Å². The maximum atomic E-state index is 12.5. The smallest absolute Gasteiger partial charge is 0.410 e. The van der Waals surface area contributed by atoms with Crippen LogP contribution in [0.5, 0.6) is 0 Å². The Kier molecular flexibility index (Phi) is 4.73. The van der Waals surface area contributed by atoms with E-state index in [4.69, 9.17) is 16.3 Å². The maximum Gasteiger partial charge on any atom is 0.410 e. The molecule has 3 aliphatic rings. The Bertz CT molecular complexity index is 1130. The summed E-state index contributed by atoms with van der Waals surface area (Å²) in [5.74, 6) is 0.812. The second-order valence-electron chi connectivity index (χ2n) is 9.12. The molecule has 7 nitrogen and oxygen atoms in total. The molecule has 1 amide bonds. The highest BCUT2D eigenvalue weighted by molar-refractivity contribution is 6.31. The van der Waals surface area contributed by atoms with Gasteiger partial charge in [-0.15, -0.1) is 0 Å². The standard InChI is InChI=1S/C23H24ClN5O2/c1-23(2,3)31-22(30)29-15-9-16(29)13-28(12-15)21-11-26-20(10-27-21)18-7-14(24)8-19-17(18)5-4-6-25-19/h4-8,10-11,15-16H,9,12-13H2,1-3H3. The molecule has 3 fully saturated rings. The van der Waals surface area contributed by atoms with E-state index >= 15 is 0 Å². The molecule has 0 aliphatic carbocycles. The van der Waals surface area contributed by atoms with Gasteiger partial charge in [-0.25, -0.2) is 9.78 Å². The van der Waals surface area contributed by atoms with E-state index < -0.39 is 5.60 Å². The van der Waals surface area contributed by atoms with Gasteiger partial charge in [-0.2, -0.15) is 0 Å². The number of pyridine rings is 1. The van der Waals surface area contributed by atoms with E-state index in [9.17, 15) is 4.79 Å². The van der Waals surface area contributed by atoms with E-state index in [0.29, 0.717) is 5.02 Å². The highest BCUT2D eigenvalue weighted by Gasteiger charge is 2.49. The zero-order valence-corrected chi connectivity index (χ0v) is 18.5. The predicted molar refractivity (Wildman–Crippen MR) is 120 cm³/mol. The van der Waals surface area contributed by atoms with Crippen molar-refractivity contribution in [3.05, 3.63) is 47.9 Å². The molecule has 31 heavy (non-hydrogen) atoms. The highest BCUT2D eigenvalue weighted by atomic mass is 35.5. The molecule has 160 valence electrons. The Morgan fingerprint density at radius 3 is 2.58 bits per heavy atom. The second kappa shape index (κ2) is 7.34. The van der Waals surface area contributed by atoms with Gasteiger partial charge in [0.1, 0.15) is 11.4 Å². The number of amides is 1. The first-order chi connectivity index (χ1) is 14.8. The summed E-state index contributed by atoms with van der Waals surface area (Å²) in [6.45, 7) is 7.14. The van der Waals surface area contributed by atoms with Crippen molar-refractivity contribution in [2.45, 2.75) is 44.9 Å². The van der Waals surface area contributed by atoms with Crippen molar-refractivity contribution < 1.29 is 9.53 Å². The van der Waals surface area contributed by atoms with Crippen LogP contribution in [0, 0.1) is 0 Å². The second-order valence-corrected chi connectivity index (χ2v) is 9.56. The topological polar surface area (TPSA) is 71.5 Å². The first-order valence-corrected chi connectivity index (χ1v) is 10.8. The van der Waals surface area contributed by atoms with Gasteiger partial charge >= 0.3 is 6.09 Å². The van der Waals surface area contributed by atoms with Gasteiger partial charge < -0.3 is 9.64 Å². The maximum absolute atomic E-state index is 12.5. The molecule has 1 aromatic carbocycles. The molecule has 2 bridgehead atoms. The zero-order valence-electron chi connectivity index (χ0n) is 17.7. The predicted octanol–water partition coefficient (Wildman–Crippen LogP) is 4.54. The average Bonchev–Trinajstić information content (AvgIpc) is 2.72. The number of nitrogens with zero attached hydrogens (tertiary/aromatic N) is 5. The number of benzene rings is 1. The molecular weight excluding hydrogens is 414 g/mol. The quantitative estimate of drug-likeness (QED) is 0.586. The Balaban J connectivity index is 1.33. The number of carbonyl (C=O) groups excluding carboxylic acids is 1. The molecule has 3 aromatic rings. The lowest BCUT2D eigenvalue weighted by atomic mass is 9.88. The highest BCUT2D eigenvalue weighted by Crippen LogP contribution is 2.36. The molecule has 8 heteroatoms. The van der Waals surface area contributed by atoms with Gasteiger partial charge in [0.2, 0.25) is 0 Å². The summed E-state index contributed by atoms with van der Waals surface area (Å²) in [5.41, 5.74) is 2.01. The van der Waals surface area contributed by atoms with Crippen LogP contribution in [0.3, 0.4) is 0 Å². The zero-order chi connectivity index (χ0) is 21.8. The van der Waals surface area contributed by atoms with E-state index in [2.05, 4.69) is 19.9 Å². The third-order valence-corrected chi connectivity index (χ3v) is 5.94. The minimum atomic E-state index is -0.484. The number of aromatic nitrogens is 3. The Labute approximate surface area is 186 Å². The summed E-state index contributed by atoms with van der Waals surface area (Å²) in [6.07, 6.45) is 6.10. The van der Waals surface area contributed by atoms with Gasteiger partial charge in [0.15, 0.2) is 0 Å². The molecular formula is C23H24ClN5O2. The number of hydrogen-bond acceptors (Lipinski definition) is 6. The Morgan fingerprint density at radius 1 is 1.13 bits per heavy atom. The monoisotopic (exact) mass is 437 g/mol. The average molecular weight is 438 g/mol. The van der Waals surface area contributed by atoms with Gasteiger partial charge in [-0.3, -0.25) is 14.9 Å². The molecule has 3 saturated heterocycles. The molecule has 0 saturated carbocycles. The van der Waals surface area contributed by atoms with E-state index in [1.165, 1.54) is 0 Å². The number of piperazine rings is 1. The summed E-state index contributed by atoms with van der Waals surface area (Å²) < 4.78 is 5.55. The molecule has 3 aliphatic heterocycles. The fourth-order valence-corrected chi connectivity index (χ4v) is 4.61. The molecule has 6 rings (SSSR count). The summed E-state index contributed by atoms with van der Waals surface area (Å²) in [4.78, 5) is 30.3. The minimum Gasteiger partial charge on any atom is -0.444 e. The van der Waals surface area contributed by atoms with Gasteiger partial charge in [-0.05, 0) is 45.4 Å². The van der Waals surface area contributed by atoms with Crippen molar-refractivity contribution in [1.29, 1.82) is 0 Å². The van der Waals surface area contributed by atoms with Gasteiger partial charge in [-0.1, -0.05) is 17.7 Å². The SMILES string of the molecule is CC(C)(C)OC(=O)N1C2CC1CN(c1cnc(-c3cc(Cl)cc4ncccc34)cn1)C2. The Morgan fingerprint density at radius 2 is 1.90 bits per heavy atom. The van der Waals surface area contributed by atoms with Crippen molar-refractivity contribution in [2.75, 3.05) is 18.0 Å². The lowest BCUT2D eigenvalue weighted by Gasteiger charge is -2.55. The molecule has 2 unspecified atom stereocenters. The van der Waals surface area contributed by atoms with Crippen LogP contribution in [0.25, 0.3) is 22.2 Å². The first-order valence-electron chi connectivity index (χ1n) is 10.4. The Hall–Kier alpha value is -2.93. The van der Waals surface area contributed by atoms with E-state index in [-0.39, 0.29) is 18.2 Å². The van der Waals surface area contributed by atoms with E-state index in [0.717, 1.165) is 47.5 Å². The fourth-order valence-electron chi connectivity index (χ4n) is 4.39. The normalized spacial score (nSPS) is 20.5. The lowest BCUT2D eigenvalue weighted by Crippen LogP contribution is -2.70. The van der Waals surface area contributed by atoms with Crippen LogP contribution in [0.1, 0.15) is 27.2 Å². The summed E-state index contributed by atoms with van der Waals surface area (Å²) in [7, 11) is 0. The van der Waals surface area contributed by atoms with Crippen molar-refractivity contribution in [2.24, 2.45) is 0 Å². The van der Waals surface area contributed by atoms with Crippen molar-refractivity contribution in [3.8, 4) is 11.3 Å². The van der Waals surface area contributed by atoms with Crippen molar-refractivity contribution in [1.82, 2.24) is 19.9 Å².